The Morgan fingerprint density at radius 1 is 1.22 bits per heavy atom. The first-order valence-electron chi connectivity index (χ1n) is 15.1. The minimum atomic E-state index is -1.55. The number of aliphatic hydroxyl groups excluding tert-OH is 1. The van der Waals surface area contributed by atoms with Gasteiger partial charge in [0.05, 0.1) is 31.2 Å². The van der Waals surface area contributed by atoms with Crippen molar-refractivity contribution in [3.63, 3.8) is 0 Å². The van der Waals surface area contributed by atoms with Crippen molar-refractivity contribution in [2.45, 2.75) is 96.7 Å². The fraction of sp³-hybridized carbons (Fsp3) is 0.500. The molecule has 0 saturated heterocycles. The molecule has 0 spiro atoms. The summed E-state index contributed by atoms with van der Waals surface area (Å²) in [5.41, 5.74) is -1.84. The van der Waals surface area contributed by atoms with Crippen LogP contribution in [0.15, 0.2) is 46.2 Å². The highest BCUT2D eigenvalue weighted by molar-refractivity contribution is 7.21. The van der Waals surface area contributed by atoms with Crippen LogP contribution in [-0.2, 0) is 21.6 Å². The standard InChI is InChI=1S/C32H40FN5O6S/c1-18(2)35-30(41)32(4,5)38-27(40)26-19(3)28(37-15-7-14-34-37)45-29(26)36(31(38)42)17-25(44-22-11-9-21(39)10-12-22)23-16-20(33)8-13-24(23)43-6/h7-8,13-16,18,21-22,25,39H,9-12,17H2,1-6H3,(H,35,41)/t21-,22-,25-/m0/s1. The molecule has 1 aliphatic carbocycles. The molecule has 1 fully saturated rings. The lowest BCUT2D eigenvalue weighted by Crippen LogP contribution is -2.56. The number of hydrogen-bond acceptors (Lipinski definition) is 8. The van der Waals surface area contributed by atoms with E-state index in [2.05, 4.69) is 10.4 Å². The van der Waals surface area contributed by atoms with Crippen molar-refractivity contribution in [1.29, 1.82) is 0 Å². The molecule has 0 radical (unpaired) electrons. The Hall–Kier alpha value is -3.81. The number of carbonyl (C=O) groups excluding carboxylic acids is 1. The molecule has 13 heteroatoms. The number of rotatable bonds is 10. The van der Waals surface area contributed by atoms with Crippen molar-refractivity contribution in [2.75, 3.05) is 7.11 Å². The minimum absolute atomic E-state index is 0.102. The first-order valence-corrected chi connectivity index (χ1v) is 15.9. The fourth-order valence-corrected chi connectivity index (χ4v) is 7.13. The molecule has 1 aromatic carbocycles. The first-order chi connectivity index (χ1) is 21.3. The van der Waals surface area contributed by atoms with E-state index in [1.807, 2.05) is 0 Å². The maximum atomic E-state index is 14.7. The molecular weight excluding hydrogens is 601 g/mol. The smallest absolute Gasteiger partial charge is 0.333 e. The topological polar surface area (TPSA) is 130 Å². The molecule has 3 aromatic heterocycles. The van der Waals surface area contributed by atoms with Crippen LogP contribution in [0.1, 0.15) is 70.6 Å². The molecule has 3 heterocycles. The van der Waals surface area contributed by atoms with Gasteiger partial charge in [-0.05, 0) is 84.6 Å². The molecule has 1 aliphatic rings. The fourth-order valence-electron chi connectivity index (χ4n) is 5.89. The molecule has 4 aromatic rings. The summed E-state index contributed by atoms with van der Waals surface area (Å²) in [7, 11) is 1.48. The number of benzene rings is 1. The Balaban J connectivity index is 1.75. The summed E-state index contributed by atoms with van der Waals surface area (Å²) >= 11 is 1.23. The summed E-state index contributed by atoms with van der Waals surface area (Å²) in [5.74, 6) is -0.602. The number of ether oxygens (including phenoxy) is 2. The van der Waals surface area contributed by atoms with E-state index in [1.165, 1.54) is 55.1 Å². The van der Waals surface area contributed by atoms with Crippen molar-refractivity contribution in [2.24, 2.45) is 0 Å². The van der Waals surface area contributed by atoms with Gasteiger partial charge in [0.2, 0.25) is 5.91 Å². The van der Waals surface area contributed by atoms with E-state index in [4.69, 9.17) is 9.47 Å². The molecule has 5 rings (SSSR count). The summed E-state index contributed by atoms with van der Waals surface area (Å²) in [5, 5.41) is 18.2. The van der Waals surface area contributed by atoms with Crippen LogP contribution in [0.5, 0.6) is 5.75 Å². The van der Waals surface area contributed by atoms with Crippen molar-refractivity contribution < 1.29 is 23.8 Å². The molecule has 2 N–H and O–H groups in total. The number of carbonyl (C=O) groups is 1. The number of amides is 1. The molecular formula is C32H40FN5O6S. The Labute approximate surface area is 264 Å². The lowest BCUT2D eigenvalue weighted by Gasteiger charge is -2.31. The Kier molecular flexibility index (Phi) is 9.33. The van der Waals surface area contributed by atoms with Gasteiger partial charge in [0.25, 0.3) is 5.56 Å². The summed E-state index contributed by atoms with van der Waals surface area (Å²) in [6.07, 6.45) is 4.12. The van der Waals surface area contributed by atoms with Crippen LogP contribution in [-0.4, -0.2) is 55.3 Å². The molecule has 1 amide bonds. The lowest BCUT2D eigenvalue weighted by atomic mass is 9.94. The Morgan fingerprint density at radius 2 is 1.93 bits per heavy atom. The van der Waals surface area contributed by atoms with Gasteiger partial charge < -0.3 is 19.9 Å². The second kappa shape index (κ2) is 12.9. The molecule has 45 heavy (non-hydrogen) atoms. The number of aliphatic hydroxyl groups is 1. The average Bonchev–Trinajstić information content (AvgIpc) is 3.63. The van der Waals surface area contributed by atoms with Gasteiger partial charge in [-0.25, -0.2) is 18.4 Å². The molecule has 1 atom stereocenters. The predicted molar refractivity (Wildman–Crippen MR) is 170 cm³/mol. The van der Waals surface area contributed by atoms with Crippen LogP contribution < -0.4 is 21.3 Å². The van der Waals surface area contributed by atoms with E-state index < -0.39 is 40.7 Å². The van der Waals surface area contributed by atoms with E-state index in [9.17, 15) is 23.9 Å². The third-order valence-corrected chi connectivity index (χ3v) is 9.63. The number of aryl methyl sites for hydroxylation is 1. The molecule has 1 saturated carbocycles. The third-order valence-electron chi connectivity index (χ3n) is 8.32. The van der Waals surface area contributed by atoms with Gasteiger partial charge in [-0.15, -0.1) is 0 Å². The number of fused-ring (bicyclic) bond motifs is 1. The normalized spacial score (nSPS) is 18.0. The van der Waals surface area contributed by atoms with Gasteiger partial charge in [0.1, 0.15) is 33.0 Å². The first kappa shape index (κ1) is 32.6. The highest BCUT2D eigenvalue weighted by Crippen LogP contribution is 2.36. The number of methoxy groups -OCH3 is 1. The lowest BCUT2D eigenvalue weighted by molar-refractivity contribution is -0.129. The molecule has 11 nitrogen and oxygen atoms in total. The van der Waals surface area contributed by atoms with Crippen molar-refractivity contribution in [3.8, 4) is 10.8 Å². The molecule has 0 unspecified atom stereocenters. The summed E-state index contributed by atoms with van der Waals surface area (Å²) in [6.45, 7) is 8.36. The van der Waals surface area contributed by atoms with Crippen molar-refractivity contribution >= 4 is 27.5 Å². The summed E-state index contributed by atoms with van der Waals surface area (Å²) in [4.78, 5) is 42.5. The highest BCUT2D eigenvalue weighted by atomic mass is 32.1. The number of nitrogens with one attached hydrogen (secondary N) is 1. The summed E-state index contributed by atoms with van der Waals surface area (Å²) in [6, 6.07) is 5.66. The highest BCUT2D eigenvalue weighted by Gasteiger charge is 2.37. The van der Waals surface area contributed by atoms with E-state index >= 15 is 0 Å². The zero-order chi connectivity index (χ0) is 32.6. The van der Waals surface area contributed by atoms with E-state index in [0.29, 0.717) is 52.4 Å². The van der Waals surface area contributed by atoms with Gasteiger partial charge in [-0.3, -0.25) is 14.2 Å². The monoisotopic (exact) mass is 641 g/mol. The predicted octanol–water partition coefficient (Wildman–Crippen LogP) is 4.19. The number of halogens is 1. The quantitative estimate of drug-likeness (QED) is 0.266. The second-order valence-electron chi connectivity index (χ2n) is 12.3. The van der Waals surface area contributed by atoms with Crippen molar-refractivity contribution in [1.82, 2.24) is 24.2 Å². The van der Waals surface area contributed by atoms with Crippen molar-refractivity contribution in [3.05, 3.63) is 74.4 Å². The molecule has 0 aliphatic heterocycles. The SMILES string of the molecule is COc1ccc(F)cc1[C@H](Cn1c(=O)n(C(C)(C)C(=O)NC(C)C)c(=O)c2c(C)c(-n3cccn3)sc21)O[C@H]1CC[C@H](O)CC1. The average molecular weight is 642 g/mol. The maximum Gasteiger partial charge on any atom is 0.333 e. The second-order valence-corrected chi connectivity index (χ2v) is 13.3. The number of thiophene rings is 1. The zero-order valence-electron chi connectivity index (χ0n) is 26.4. The van der Waals surface area contributed by atoms with Crippen LogP contribution in [0.25, 0.3) is 15.2 Å². The van der Waals surface area contributed by atoms with Gasteiger partial charge in [0.15, 0.2) is 0 Å². The van der Waals surface area contributed by atoms with Gasteiger partial charge >= 0.3 is 5.69 Å². The van der Waals surface area contributed by atoms with E-state index in [1.54, 1.807) is 43.9 Å². The number of nitrogens with zero attached hydrogens (tertiary/aromatic N) is 4. The van der Waals surface area contributed by atoms with Crippen LogP contribution >= 0.6 is 11.3 Å². The van der Waals surface area contributed by atoms with E-state index in [-0.39, 0.29) is 24.1 Å². The van der Waals surface area contributed by atoms with Crippen LogP contribution in [0, 0.1) is 12.7 Å². The van der Waals surface area contributed by atoms with E-state index in [0.717, 1.165) is 4.57 Å². The third kappa shape index (κ3) is 6.34. The number of hydrogen-bond donors (Lipinski definition) is 2. The molecule has 242 valence electrons. The van der Waals surface area contributed by atoms with Gasteiger partial charge in [0, 0.05) is 29.6 Å². The zero-order valence-corrected chi connectivity index (χ0v) is 27.2. The largest absolute Gasteiger partial charge is 0.496 e. The van der Waals surface area contributed by atoms with Gasteiger partial charge in [-0.2, -0.15) is 5.10 Å². The summed E-state index contributed by atoms with van der Waals surface area (Å²) < 4.78 is 31.0. The van der Waals surface area contributed by atoms with Crippen LogP contribution in [0.3, 0.4) is 0 Å². The maximum absolute atomic E-state index is 14.7. The minimum Gasteiger partial charge on any atom is -0.496 e. The Bertz CT molecular complexity index is 1800. The van der Waals surface area contributed by atoms with Crippen LogP contribution in [0.4, 0.5) is 4.39 Å². The van der Waals surface area contributed by atoms with Gasteiger partial charge in [-0.1, -0.05) is 11.3 Å². The molecule has 0 bridgehead atoms. The number of aromatic nitrogens is 4. The van der Waals surface area contributed by atoms with Crippen LogP contribution in [0.2, 0.25) is 0 Å². The Morgan fingerprint density at radius 3 is 2.56 bits per heavy atom.